The summed E-state index contributed by atoms with van der Waals surface area (Å²) in [6.45, 7) is 0. The summed E-state index contributed by atoms with van der Waals surface area (Å²) < 4.78 is 6.15. The highest BCUT2D eigenvalue weighted by Crippen LogP contribution is 2.51. The van der Waals surface area contributed by atoms with Gasteiger partial charge in [-0.2, -0.15) is 0 Å². The van der Waals surface area contributed by atoms with Gasteiger partial charge in [0.15, 0.2) is 0 Å². The van der Waals surface area contributed by atoms with Crippen molar-refractivity contribution in [1.82, 2.24) is 19.1 Å². The molecule has 9 aromatic carbocycles. The summed E-state index contributed by atoms with van der Waals surface area (Å²) in [6.07, 6.45) is 3.67. The molecule has 57 heavy (non-hydrogen) atoms. The van der Waals surface area contributed by atoms with E-state index in [4.69, 9.17) is 4.98 Å². The van der Waals surface area contributed by atoms with Crippen molar-refractivity contribution >= 4 is 108 Å². The zero-order valence-corrected chi connectivity index (χ0v) is 31.3. The van der Waals surface area contributed by atoms with Crippen molar-refractivity contribution in [2.24, 2.45) is 0 Å². The summed E-state index contributed by atoms with van der Waals surface area (Å²) in [4.78, 5) is 10.4. The van der Waals surface area contributed by atoms with Gasteiger partial charge >= 0.3 is 0 Å². The number of aromatic nitrogens is 4. The fraction of sp³-hybridized carbons (Fsp3) is 0. The van der Waals surface area contributed by atoms with Gasteiger partial charge in [0, 0.05) is 49.9 Å². The van der Waals surface area contributed by atoms with Crippen LogP contribution in [-0.2, 0) is 0 Å². The van der Waals surface area contributed by atoms with E-state index in [1.807, 2.05) is 6.20 Å². The molecule has 0 unspecified atom stereocenters. The average Bonchev–Trinajstić information content (AvgIpc) is 3.95. The van der Waals surface area contributed by atoms with E-state index in [1.54, 1.807) is 17.7 Å². The molecule has 13 rings (SSSR count). The summed E-state index contributed by atoms with van der Waals surface area (Å²) in [5, 5.41) is 14.9. The van der Waals surface area contributed by atoms with E-state index in [0.717, 1.165) is 21.6 Å². The zero-order chi connectivity index (χ0) is 37.2. The van der Waals surface area contributed by atoms with Crippen molar-refractivity contribution in [3.8, 4) is 22.5 Å². The molecule has 5 heteroatoms. The third-order valence-corrected chi connectivity index (χ3v) is 13.1. The minimum atomic E-state index is 0.986. The minimum absolute atomic E-state index is 0.986. The SMILES string of the molecule is c1ccc(-n2c3ccccc3c3c4c5ccccc5n(-c5cccc(-c6ccc7c8ccccc8c8ccccc8c7c6)c5)c4c4sc5ncncc5c4c32)cc1. The van der Waals surface area contributed by atoms with E-state index < -0.39 is 0 Å². The maximum atomic E-state index is 4.85. The lowest BCUT2D eigenvalue weighted by Crippen LogP contribution is -1.96. The van der Waals surface area contributed by atoms with Gasteiger partial charge < -0.3 is 9.13 Å². The average molecular weight is 743 g/mol. The lowest BCUT2D eigenvalue weighted by molar-refractivity contribution is 1.18. The predicted molar refractivity (Wildman–Crippen MR) is 242 cm³/mol. The third kappa shape index (κ3) is 4.21. The van der Waals surface area contributed by atoms with Gasteiger partial charge in [0.1, 0.15) is 11.2 Å². The Hall–Kier alpha value is -7.34. The molecular weight excluding hydrogens is 713 g/mol. The lowest BCUT2D eigenvalue weighted by atomic mass is 9.92. The number of benzene rings is 9. The van der Waals surface area contributed by atoms with E-state index in [1.165, 1.54) is 97.1 Å². The summed E-state index contributed by atoms with van der Waals surface area (Å²) in [5.74, 6) is 0. The Morgan fingerprint density at radius 1 is 0.386 bits per heavy atom. The smallest absolute Gasteiger partial charge is 0.128 e. The Morgan fingerprint density at radius 2 is 0.930 bits per heavy atom. The van der Waals surface area contributed by atoms with Crippen LogP contribution in [0.5, 0.6) is 0 Å². The van der Waals surface area contributed by atoms with Crippen molar-refractivity contribution in [3.63, 3.8) is 0 Å². The van der Waals surface area contributed by atoms with Crippen LogP contribution in [0.2, 0.25) is 0 Å². The number of para-hydroxylation sites is 3. The largest absolute Gasteiger partial charge is 0.309 e. The van der Waals surface area contributed by atoms with Crippen LogP contribution in [0.15, 0.2) is 182 Å². The molecule has 4 nitrogen and oxygen atoms in total. The van der Waals surface area contributed by atoms with Gasteiger partial charge in [-0.3, -0.25) is 0 Å². The molecule has 0 saturated heterocycles. The summed E-state index contributed by atoms with van der Waals surface area (Å²) in [6, 6.07) is 62.2. The number of thiophene rings is 1. The Morgan fingerprint density at radius 3 is 1.63 bits per heavy atom. The maximum absolute atomic E-state index is 4.85. The minimum Gasteiger partial charge on any atom is -0.309 e. The Balaban J connectivity index is 1.16. The Kier molecular flexibility index (Phi) is 6.29. The van der Waals surface area contributed by atoms with Gasteiger partial charge in [0.2, 0.25) is 0 Å². The molecule has 0 aliphatic heterocycles. The van der Waals surface area contributed by atoms with Crippen LogP contribution in [0.25, 0.3) is 119 Å². The molecule has 4 aromatic heterocycles. The van der Waals surface area contributed by atoms with E-state index in [-0.39, 0.29) is 0 Å². The van der Waals surface area contributed by atoms with Gasteiger partial charge in [0.25, 0.3) is 0 Å². The standard InChI is InChI=1S/C52H30N4S/c1-2-14-33(15-3-1)55-44-23-10-8-21-40(44)46-47-41-22-9-11-24-45(41)56(50(47)51-48(49(46)55)43-29-53-30-54-52(43)57-51)34-16-12-13-31(27-34)32-25-26-39-37-19-5-4-17-35(37)36-18-6-7-20-38(36)42(39)28-32/h1-30H. The van der Waals surface area contributed by atoms with Crippen LogP contribution in [0.3, 0.4) is 0 Å². The van der Waals surface area contributed by atoms with Gasteiger partial charge in [0.05, 0.1) is 26.8 Å². The Bertz CT molecular complexity index is 3780. The van der Waals surface area contributed by atoms with Crippen molar-refractivity contribution in [1.29, 1.82) is 0 Å². The van der Waals surface area contributed by atoms with Crippen molar-refractivity contribution in [2.75, 3.05) is 0 Å². The van der Waals surface area contributed by atoms with Crippen LogP contribution < -0.4 is 0 Å². The molecule has 0 radical (unpaired) electrons. The molecule has 0 saturated carbocycles. The normalized spacial score (nSPS) is 12.2. The first-order chi connectivity index (χ1) is 28.3. The zero-order valence-electron chi connectivity index (χ0n) is 30.5. The molecule has 0 spiro atoms. The molecule has 0 N–H and O–H groups in total. The summed E-state index contributed by atoms with van der Waals surface area (Å²) in [7, 11) is 0. The molecule has 0 bridgehead atoms. The van der Waals surface area contributed by atoms with E-state index >= 15 is 0 Å². The maximum Gasteiger partial charge on any atom is 0.128 e. The summed E-state index contributed by atoms with van der Waals surface area (Å²) >= 11 is 1.76. The number of rotatable bonds is 3. The third-order valence-electron chi connectivity index (χ3n) is 12.0. The van der Waals surface area contributed by atoms with Crippen LogP contribution >= 0.6 is 11.3 Å². The van der Waals surface area contributed by atoms with Crippen LogP contribution in [0, 0.1) is 0 Å². The second-order valence-electron chi connectivity index (χ2n) is 14.9. The number of hydrogen-bond donors (Lipinski definition) is 0. The highest BCUT2D eigenvalue weighted by Gasteiger charge is 2.27. The van der Waals surface area contributed by atoms with Crippen LogP contribution in [0.1, 0.15) is 0 Å². The molecule has 0 aliphatic rings. The van der Waals surface area contributed by atoms with E-state index in [9.17, 15) is 0 Å². The predicted octanol–water partition coefficient (Wildman–Crippen LogP) is 14.2. The first-order valence-electron chi connectivity index (χ1n) is 19.3. The highest BCUT2D eigenvalue weighted by molar-refractivity contribution is 7.26. The van der Waals surface area contributed by atoms with Crippen molar-refractivity contribution in [2.45, 2.75) is 0 Å². The second-order valence-corrected chi connectivity index (χ2v) is 15.9. The monoisotopic (exact) mass is 742 g/mol. The van der Waals surface area contributed by atoms with Gasteiger partial charge in [-0.15, -0.1) is 11.3 Å². The lowest BCUT2D eigenvalue weighted by Gasteiger charge is -2.14. The van der Waals surface area contributed by atoms with Gasteiger partial charge in [-0.25, -0.2) is 9.97 Å². The Labute approximate surface area is 330 Å². The van der Waals surface area contributed by atoms with Crippen molar-refractivity contribution < 1.29 is 0 Å². The van der Waals surface area contributed by atoms with Gasteiger partial charge in [-0.1, -0.05) is 127 Å². The summed E-state index contributed by atoms with van der Waals surface area (Å²) in [5.41, 5.74) is 9.38. The van der Waals surface area contributed by atoms with Gasteiger partial charge in [-0.05, 0) is 85.9 Å². The van der Waals surface area contributed by atoms with Crippen LogP contribution in [0.4, 0.5) is 0 Å². The number of fused-ring (bicyclic) bond motifs is 18. The van der Waals surface area contributed by atoms with Crippen LogP contribution in [-0.4, -0.2) is 19.1 Å². The molecule has 4 heterocycles. The molecule has 13 aromatic rings. The van der Waals surface area contributed by atoms with Crippen molar-refractivity contribution in [3.05, 3.63) is 182 Å². The topological polar surface area (TPSA) is 35.6 Å². The second kappa shape index (κ2) is 11.6. The molecule has 0 atom stereocenters. The molecule has 264 valence electrons. The first-order valence-corrected chi connectivity index (χ1v) is 20.1. The fourth-order valence-corrected chi connectivity index (χ4v) is 10.9. The molecule has 0 fully saturated rings. The number of nitrogens with zero attached hydrogens (tertiary/aromatic N) is 4. The fourth-order valence-electron chi connectivity index (χ4n) is 9.71. The van der Waals surface area contributed by atoms with E-state index in [0.29, 0.717) is 0 Å². The quantitative estimate of drug-likeness (QED) is 0.169. The number of hydrogen-bond acceptors (Lipinski definition) is 3. The van der Waals surface area contributed by atoms with E-state index in [2.05, 4.69) is 184 Å². The molecular formula is C52H30N4S. The highest BCUT2D eigenvalue weighted by atomic mass is 32.1. The molecule has 0 aliphatic carbocycles. The molecule has 0 amide bonds. The first kappa shape index (κ1) is 30.9.